The fourth-order valence-electron chi connectivity index (χ4n) is 3.93. The van der Waals surface area contributed by atoms with Gasteiger partial charge in [0.1, 0.15) is 12.0 Å². The van der Waals surface area contributed by atoms with Gasteiger partial charge in [-0.2, -0.15) is 0 Å². The van der Waals surface area contributed by atoms with E-state index in [1.54, 1.807) is 6.26 Å². The van der Waals surface area contributed by atoms with Gasteiger partial charge in [0.05, 0.1) is 12.3 Å². The van der Waals surface area contributed by atoms with Gasteiger partial charge in [0.2, 0.25) is 0 Å². The van der Waals surface area contributed by atoms with E-state index >= 15 is 0 Å². The monoisotopic (exact) mass is 348 g/mol. The molecule has 134 valence electrons. The van der Waals surface area contributed by atoms with Crippen LogP contribution in [0.1, 0.15) is 31.9 Å². The molecule has 1 aliphatic heterocycles. The third kappa shape index (κ3) is 3.08. The maximum atomic E-state index is 10.3. The van der Waals surface area contributed by atoms with Gasteiger partial charge < -0.3 is 19.7 Å². The molecule has 0 fully saturated rings. The Hall–Kier alpha value is -2.72. The van der Waals surface area contributed by atoms with Crippen LogP contribution in [0.3, 0.4) is 0 Å². The number of nitrogens with one attached hydrogen (secondary N) is 1. The highest BCUT2D eigenvalue weighted by atomic mass is 16.3. The number of benzene rings is 2. The number of fused-ring (bicyclic) bond motifs is 1. The van der Waals surface area contributed by atoms with Crippen LogP contribution in [0.2, 0.25) is 0 Å². The van der Waals surface area contributed by atoms with Crippen LogP contribution in [-0.4, -0.2) is 17.4 Å². The van der Waals surface area contributed by atoms with Crippen molar-refractivity contribution in [1.82, 2.24) is 0 Å². The van der Waals surface area contributed by atoms with E-state index in [9.17, 15) is 5.11 Å². The van der Waals surface area contributed by atoms with E-state index < -0.39 is 6.23 Å². The van der Waals surface area contributed by atoms with E-state index in [2.05, 4.69) is 47.5 Å². The predicted molar refractivity (Wildman–Crippen MR) is 105 cm³/mol. The minimum Gasteiger partial charge on any atom is -0.464 e. The molecular formula is C22H24N2O2. The second-order valence-corrected chi connectivity index (χ2v) is 6.94. The third-order valence-electron chi connectivity index (χ3n) is 5.06. The highest BCUT2D eigenvalue weighted by molar-refractivity contribution is 5.69. The second-order valence-electron chi connectivity index (χ2n) is 6.94. The molecule has 0 aliphatic carbocycles. The Kier molecular flexibility index (Phi) is 4.43. The lowest BCUT2D eigenvalue weighted by Gasteiger charge is -2.43. The fourth-order valence-corrected chi connectivity index (χ4v) is 3.93. The van der Waals surface area contributed by atoms with Crippen molar-refractivity contribution in [3.05, 3.63) is 72.5 Å². The van der Waals surface area contributed by atoms with E-state index in [1.165, 1.54) is 5.56 Å². The molecular weight excluding hydrogens is 324 g/mol. The zero-order valence-corrected chi connectivity index (χ0v) is 15.1. The van der Waals surface area contributed by atoms with Gasteiger partial charge in [-0.25, -0.2) is 0 Å². The van der Waals surface area contributed by atoms with E-state index in [0.717, 1.165) is 29.1 Å². The normalized spacial score (nSPS) is 20.5. The summed E-state index contributed by atoms with van der Waals surface area (Å²) in [5.41, 5.74) is 4.41. The third-order valence-corrected chi connectivity index (χ3v) is 5.06. The maximum Gasteiger partial charge on any atom is 0.133 e. The average Bonchev–Trinajstić information content (AvgIpc) is 3.16. The molecule has 0 saturated carbocycles. The molecule has 0 amide bonds. The summed E-state index contributed by atoms with van der Waals surface area (Å²) in [5, 5.41) is 14.0. The first-order valence-corrected chi connectivity index (χ1v) is 9.09. The van der Waals surface area contributed by atoms with Crippen molar-refractivity contribution in [2.45, 2.75) is 38.6 Å². The first kappa shape index (κ1) is 16.7. The number of anilines is 2. The van der Waals surface area contributed by atoms with Gasteiger partial charge in [-0.3, -0.25) is 0 Å². The van der Waals surface area contributed by atoms with Gasteiger partial charge in [-0.1, -0.05) is 18.2 Å². The van der Waals surface area contributed by atoms with Crippen LogP contribution in [0.15, 0.2) is 71.3 Å². The minimum atomic E-state index is -0.532. The van der Waals surface area contributed by atoms with Crippen LogP contribution in [0, 0.1) is 0 Å². The number of para-hydroxylation sites is 1. The Balaban J connectivity index is 1.77. The molecule has 3 atom stereocenters. The van der Waals surface area contributed by atoms with Crippen LogP contribution >= 0.6 is 0 Å². The summed E-state index contributed by atoms with van der Waals surface area (Å²) < 4.78 is 5.58. The molecule has 0 radical (unpaired) electrons. The van der Waals surface area contributed by atoms with Gasteiger partial charge in [-0.05, 0) is 68.3 Å². The van der Waals surface area contributed by atoms with Gasteiger partial charge in [0.25, 0.3) is 0 Å². The zero-order chi connectivity index (χ0) is 18.1. The van der Waals surface area contributed by atoms with E-state index in [1.807, 2.05) is 37.3 Å². The summed E-state index contributed by atoms with van der Waals surface area (Å²) in [5.74, 6) is 0.855. The van der Waals surface area contributed by atoms with Crippen LogP contribution in [0.25, 0.3) is 11.3 Å². The molecule has 1 aromatic heterocycles. The Morgan fingerprint density at radius 1 is 1.12 bits per heavy atom. The molecule has 2 heterocycles. The highest BCUT2D eigenvalue weighted by Gasteiger charge is 2.32. The molecule has 26 heavy (non-hydrogen) atoms. The SMILES string of the molecule is CC(O)N1c2ccc(-c3ccco3)cc2[C@@H](Nc2ccccc2)C[C@@H]1C. The smallest absolute Gasteiger partial charge is 0.133 e. The first-order chi connectivity index (χ1) is 12.6. The molecule has 4 rings (SSSR count). The van der Waals surface area contributed by atoms with Gasteiger partial charge >= 0.3 is 0 Å². The van der Waals surface area contributed by atoms with Gasteiger partial charge in [0, 0.05) is 23.0 Å². The van der Waals surface area contributed by atoms with Crippen molar-refractivity contribution in [2.75, 3.05) is 10.2 Å². The number of nitrogens with zero attached hydrogens (tertiary/aromatic N) is 1. The summed E-state index contributed by atoms with van der Waals surface area (Å²) in [6.07, 6.45) is 2.07. The highest BCUT2D eigenvalue weighted by Crippen LogP contribution is 2.41. The molecule has 1 aliphatic rings. The van der Waals surface area contributed by atoms with E-state index in [0.29, 0.717) is 0 Å². The molecule has 0 spiro atoms. The van der Waals surface area contributed by atoms with Crippen molar-refractivity contribution in [3.63, 3.8) is 0 Å². The largest absolute Gasteiger partial charge is 0.464 e. The quantitative estimate of drug-likeness (QED) is 0.694. The number of hydrogen-bond donors (Lipinski definition) is 2. The summed E-state index contributed by atoms with van der Waals surface area (Å²) >= 11 is 0. The first-order valence-electron chi connectivity index (χ1n) is 9.09. The standard InChI is InChI=1S/C22H24N2O2/c1-15-13-20(23-18-7-4-3-5-8-18)19-14-17(22-9-6-12-26-22)10-11-21(19)24(15)16(2)25/h3-12,14-16,20,23,25H,13H2,1-2H3/t15-,16?,20-/m0/s1. The number of hydrogen-bond acceptors (Lipinski definition) is 4. The molecule has 3 aromatic rings. The summed E-state index contributed by atoms with van der Waals surface area (Å²) in [4.78, 5) is 2.09. The molecule has 0 bridgehead atoms. The zero-order valence-electron chi connectivity index (χ0n) is 15.1. The van der Waals surface area contributed by atoms with Crippen molar-refractivity contribution < 1.29 is 9.52 Å². The molecule has 0 saturated heterocycles. The van der Waals surface area contributed by atoms with Crippen molar-refractivity contribution >= 4 is 11.4 Å². The molecule has 2 N–H and O–H groups in total. The Labute approximate surface area is 154 Å². The number of aliphatic hydroxyl groups excluding tert-OH is 1. The van der Waals surface area contributed by atoms with Crippen molar-refractivity contribution in [2.24, 2.45) is 0 Å². The minimum absolute atomic E-state index is 0.173. The summed E-state index contributed by atoms with van der Waals surface area (Å²) in [7, 11) is 0. The lowest BCUT2D eigenvalue weighted by molar-refractivity contribution is 0.173. The molecule has 1 unspecified atom stereocenters. The fraction of sp³-hybridized carbons (Fsp3) is 0.273. The molecule has 2 aromatic carbocycles. The Morgan fingerprint density at radius 2 is 1.92 bits per heavy atom. The Morgan fingerprint density at radius 3 is 2.62 bits per heavy atom. The van der Waals surface area contributed by atoms with Crippen LogP contribution in [-0.2, 0) is 0 Å². The maximum absolute atomic E-state index is 10.3. The van der Waals surface area contributed by atoms with Gasteiger partial charge in [-0.15, -0.1) is 0 Å². The predicted octanol–water partition coefficient (Wildman–Crippen LogP) is 5.04. The summed E-state index contributed by atoms with van der Waals surface area (Å²) in [6, 6.07) is 20.9. The van der Waals surface area contributed by atoms with Crippen LogP contribution in [0.5, 0.6) is 0 Å². The van der Waals surface area contributed by atoms with Crippen molar-refractivity contribution in [3.8, 4) is 11.3 Å². The molecule has 4 heteroatoms. The number of aliphatic hydroxyl groups is 1. The van der Waals surface area contributed by atoms with E-state index in [-0.39, 0.29) is 12.1 Å². The lowest BCUT2D eigenvalue weighted by Crippen LogP contribution is -2.45. The average molecular weight is 348 g/mol. The number of furan rings is 1. The topological polar surface area (TPSA) is 48.6 Å². The lowest BCUT2D eigenvalue weighted by atomic mass is 9.89. The van der Waals surface area contributed by atoms with Crippen LogP contribution in [0.4, 0.5) is 11.4 Å². The number of rotatable bonds is 4. The second kappa shape index (κ2) is 6.89. The Bertz CT molecular complexity index is 859. The molecule has 4 nitrogen and oxygen atoms in total. The van der Waals surface area contributed by atoms with Gasteiger partial charge in [0.15, 0.2) is 0 Å². The van der Waals surface area contributed by atoms with E-state index in [4.69, 9.17) is 4.42 Å². The van der Waals surface area contributed by atoms with Crippen LogP contribution < -0.4 is 10.2 Å². The summed E-state index contributed by atoms with van der Waals surface area (Å²) in [6.45, 7) is 3.99. The van der Waals surface area contributed by atoms with Crippen molar-refractivity contribution in [1.29, 1.82) is 0 Å².